The van der Waals surface area contributed by atoms with Crippen molar-refractivity contribution in [3.63, 3.8) is 0 Å². The molecule has 0 radical (unpaired) electrons. The summed E-state index contributed by atoms with van der Waals surface area (Å²) in [5.74, 6) is 0.915. The molecule has 0 fully saturated rings. The Morgan fingerprint density at radius 2 is 1.81 bits per heavy atom. The highest BCUT2D eigenvalue weighted by molar-refractivity contribution is 5.93. The number of methoxy groups -OCH3 is 1. The van der Waals surface area contributed by atoms with E-state index in [1.54, 1.807) is 26.2 Å². The first-order chi connectivity index (χ1) is 9.99. The Hall–Kier alpha value is -2.49. The van der Waals surface area contributed by atoms with E-state index in [9.17, 15) is 9.90 Å². The molecule has 2 aromatic carbocycles. The number of carbonyl (C=O) groups is 1. The maximum absolute atomic E-state index is 12.1. The van der Waals surface area contributed by atoms with Crippen molar-refractivity contribution < 1.29 is 14.6 Å². The minimum Gasteiger partial charge on any atom is -0.508 e. The molecule has 2 rings (SSSR count). The van der Waals surface area contributed by atoms with Gasteiger partial charge in [0.05, 0.1) is 13.5 Å². The summed E-state index contributed by atoms with van der Waals surface area (Å²) in [6, 6.07) is 10.8. The fourth-order valence-electron chi connectivity index (χ4n) is 2.06. The van der Waals surface area contributed by atoms with Crippen molar-refractivity contribution >= 4 is 11.6 Å². The predicted octanol–water partition coefficient (Wildman–Crippen LogP) is 3.20. The monoisotopic (exact) mass is 285 g/mol. The molecule has 0 saturated heterocycles. The van der Waals surface area contributed by atoms with Crippen molar-refractivity contribution in [2.75, 3.05) is 12.4 Å². The Labute approximate surface area is 124 Å². The van der Waals surface area contributed by atoms with E-state index in [1.807, 2.05) is 31.2 Å². The maximum atomic E-state index is 12.1. The molecule has 21 heavy (non-hydrogen) atoms. The summed E-state index contributed by atoms with van der Waals surface area (Å²) < 4.78 is 5.09. The van der Waals surface area contributed by atoms with Gasteiger partial charge in [0, 0.05) is 5.69 Å². The molecule has 4 heteroatoms. The number of hydrogen-bond donors (Lipinski definition) is 2. The molecule has 0 aliphatic rings. The van der Waals surface area contributed by atoms with Gasteiger partial charge in [0.25, 0.3) is 0 Å². The Morgan fingerprint density at radius 1 is 1.14 bits per heavy atom. The zero-order valence-corrected chi connectivity index (χ0v) is 12.4. The second-order valence-corrected chi connectivity index (χ2v) is 5.03. The molecule has 0 atom stereocenters. The van der Waals surface area contributed by atoms with E-state index in [2.05, 4.69) is 5.32 Å². The molecular formula is C17H19NO3. The van der Waals surface area contributed by atoms with Crippen LogP contribution in [-0.2, 0) is 11.2 Å². The van der Waals surface area contributed by atoms with E-state index in [1.165, 1.54) is 0 Å². The van der Waals surface area contributed by atoms with Crippen LogP contribution in [0.3, 0.4) is 0 Å². The predicted molar refractivity (Wildman–Crippen MR) is 82.9 cm³/mol. The number of nitrogens with one attached hydrogen (secondary N) is 1. The van der Waals surface area contributed by atoms with Crippen LogP contribution < -0.4 is 10.1 Å². The van der Waals surface area contributed by atoms with Crippen LogP contribution >= 0.6 is 0 Å². The lowest BCUT2D eigenvalue weighted by molar-refractivity contribution is -0.115. The fraction of sp³-hybridized carbons (Fsp3) is 0.235. The van der Waals surface area contributed by atoms with E-state index in [4.69, 9.17) is 4.74 Å². The number of benzene rings is 2. The zero-order valence-electron chi connectivity index (χ0n) is 12.4. The van der Waals surface area contributed by atoms with E-state index < -0.39 is 0 Å². The number of carbonyl (C=O) groups excluding carboxylic acids is 1. The van der Waals surface area contributed by atoms with Crippen LogP contribution in [0.2, 0.25) is 0 Å². The van der Waals surface area contributed by atoms with Crippen molar-refractivity contribution in [2.45, 2.75) is 20.3 Å². The molecule has 0 spiro atoms. The summed E-state index contributed by atoms with van der Waals surface area (Å²) in [4.78, 5) is 12.1. The summed E-state index contributed by atoms with van der Waals surface area (Å²) in [7, 11) is 1.61. The Morgan fingerprint density at radius 3 is 2.43 bits per heavy atom. The van der Waals surface area contributed by atoms with Crippen molar-refractivity contribution in [3.05, 3.63) is 53.1 Å². The third-order valence-corrected chi connectivity index (χ3v) is 3.34. The molecule has 110 valence electrons. The number of amides is 1. The van der Waals surface area contributed by atoms with Crippen LogP contribution in [0.25, 0.3) is 0 Å². The normalized spacial score (nSPS) is 10.2. The van der Waals surface area contributed by atoms with Gasteiger partial charge in [-0.1, -0.05) is 12.1 Å². The number of aryl methyl sites for hydroxylation is 2. The molecule has 0 aliphatic heterocycles. The zero-order chi connectivity index (χ0) is 15.4. The van der Waals surface area contributed by atoms with Crippen LogP contribution in [0.1, 0.15) is 16.7 Å². The lowest BCUT2D eigenvalue weighted by atomic mass is 10.1. The average Bonchev–Trinajstić information content (AvgIpc) is 2.45. The Bertz CT molecular complexity index is 648. The molecule has 0 heterocycles. The number of hydrogen-bond acceptors (Lipinski definition) is 3. The molecule has 4 nitrogen and oxygen atoms in total. The SMILES string of the molecule is COc1ccc(CC(=O)Nc2cc(C)c(O)cc2C)cc1. The summed E-state index contributed by atoms with van der Waals surface area (Å²) in [5, 5.41) is 12.5. The highest BCUT2D eigenvalue weighted by Gasteiger charge is 2.08. The lowest BCUT2D eigenvalue weighted by Gasteiger charge is -2.11. The molecule has 0 aliphatic carbocycles. The number of anilines is 1. The molecule has 0 saturated carbocycles. The van der Waals surface area contributed by atoms with Gasteiger partial charge in [-0.3, -0.25) is 4.79 Å². The highest BCUT2D eigenvalue weighted by Crippen LogP contribution is 2.25. The number of ether oxygens (including phenoxy) is 1. The number of phenolic OH excluding ortho intramolecular Hbond substituents is 1. The minimum atomic E-state index is -0.0895. The standard InChI is InChI=1S/C17H19NO3/c1-11-9-16(19)12(2)8-15(11)18-17(20)10-13-4-6-14(21-3)7-5-13/h4-9,19H,10H2,1-3H3,(H,18,20). The van der Waals surface area contributed by atoms with E-state index in [-0.39, 0.29) is 11.7 Å². The van der Waals surface area contributed by atoms with Crippen molar-refractivity contribution in [3.8, 4) is 11.5 Å². The molecule has 0 unspecified atom stereocenters. The Kier molecular flexibility index (Phi) is 4.48. The quantitative estimate of drug-likeness (QED) is 0.848. The van der Waals surface area contributed by atoms with Gasteiger partial charge >= 0.3 is 0 Å². The lowest BCUT2D eigenvalue weighted by Crippen LogP contribution is -2.15. The van der Waals surface area contributed by atoms with Gasteiger partial charge in [-0.05, 0) is 54.8 Å². The molecule has 2 aromatic rings. The summed E-state index contributed by atoms with van der Waals surface area (Å²) in [6.45, 7) is 3.65. The van der Waals surface area contributed by atoms with Crippen molar-refractivity contribution in [1.82, 2.24) is 0 Å². The van der Waals surface area contributed by atoms with Crippen LogP contribution in [0, 0.1) is 13.8 Å². The van der Waals surface area contributed by atoms with Crippen molar-refractivity contribution in [1.29, 1.82) is 0 Å². The summed E-state index contributed by atoms with van der Waals surface area (Å²) in [6.07, 6.45) is 0.295. The number of rotatable bonds is 4. The van der Waals surface area contributed by atoms with Gasteiger partial charge < -0.3 is 15.2 Å². The van der Waals surface area contributed by atoms with Crippen molar-refractivity contribution in [2.24, 2.45) is 0 Å². The largest absolute Gasteiger partial charge is 0.508 e. The van der Waals surface area contributed by atoms with Gasteiger partial charge in [-0.15, -0.1) is 0 Å². The van der Waals surface area contributed by atoms with Gasteiger partial charge in [0.1, 0.15) is 11.5 Å². The second-order valence-electron chi connectivity index (χ2n) is 5.03. The van der Waals surface area contributed by atoms with Gasteiger partial charge in [-0.2, -0.15) is 0 Å². The molecule has 0 aromatic heterocycles. The average molecular weight is 285 g/mol. The van der Waals surface area contributed by atoms with Gasteiger partial charge in [0.15, 0.2) is 0 Å². The topological polar surface area (TPSA) is 58.6 Å². The minimum absolute atomic E-state index is 0.0895. The first-order valence-corrected chi connectivity index (χ1v) is 6.72. The molecule has 0 bridgehead atoms. The summed E-state index contributed by atoms with van der Waals surface area (Å²) >= 11 is 0. The number of aromatic hydroxyl groups is 1. The molecule has 1 amide bonds. The first kappa shape index (κ1) is 14.9. The van der Waals surface area contributed by atoms with Crippen LogP contribution in [0.15, 0.2) is 36.4 Å². The fourth-order valence-corrected chi connectivity index (χ4v) is 2.06. The summed E-state index contributed by atoms with van der Waals surface area (Å²) in [5.41, 5.74) is 3.21. The van der Waals surface area contributed by atoms with Crippen LogP contribution in [-0.4, -0.2) is 18.1 Å². The van der Waals surface area contributed by atoms with Gasteiger partial charge in [-0.25, -0.2) is 0 Å². The van der Waals surface area contributed by atoms with Gasteiger partial charge in [0.2, 0.25) is 5.91 Å². The number of phenols is 1. The molecular weight excluding hydrogens is 266 g/mol. The smallest absolute Gasteiger partial charge is 0.228 e. The highest BCUT2D eigenvalue weighted by atomic mass is 16.5. The Balaban J connectivity index is 2.06. The van der Waals surface area contributed by atoms with E-state index in [0.717, 1.165) is 28.1 Å². The maximum Gasteiger partial charge on any atom is 0.228 e. The third-order valence-electron chi connectivity index (χ3n) is 3.34. The van der Waals surface area contributed by atoms with Crippen LogP contribution in [0.5, 0.6) is 11.5 Å². The van der Waals surface area contributed by atoms with E-state index in [0.29, 0.717) is 6.42 Å². The van der Waals surface area contributed by atoms with E-state index >= 15 is 0 Å². The van der Waals surface area contributed by atoms with Crippen LogP contribution in [0.4, 0.5) is 5.69 Å². The first-order valence-electron chi connectivity index (χ1n) is 6.72. The molecule has 2 N–H and O–H groups in total. The third kappa shape index (κ3) is 3.75. The second kappa shape index (κ2) is 6.31.